The Morgan fingerprint density at radius 3 is 2.50 bits per heavy atom. The molecule has 24 heavy (non-hydrogen) atoms. The highest BCUT2D eigenvalue weighted by atomic mass is 127. The highest BCUT2D eigenvalue weighted by molar-refractivity contribution is 14.0. The minimum Gasteiger partial charge on any atom is -0.380 e. The molecule has 6 nitrogen and oxygen atoms in total. The van der Waals surface area contributed by atoms with Crippen molar-refractivity contribution < 1.29 is 9.47 Å². The van der Waals surface area contributed by atoms with E-state index in [1.54, 1.807) is 0 Å². The van der Waals surface area contributed by atoms with Gasteiger partial charge in [0.1, 0.15) is 0 Å². The van der Waals surface area contributed by atoms with Crippen LogP contribution >= 0.6 is 24.0 Å². The Kier molecular flexibility index (Phi) is 11.2. The molecule has 0 unspecified atom stereocenters. The number of aliphatic imine (C=N–C) groups is 1. The zero-order valence-corrected chi connectivity index (χ0v) is 17.6. The molecule has 0 radical (unpaired) electrons. The van der Waals surface area contributed by atoms with E-state index >= 15 is 0 Å². The molecule has 2 N–H and O–H groups in total. The molecule has 1 aliphatic heterocycles. The Morgan fingerprint density at radius 1 is 1.17 bits per heavy atom. The molecule has 1 heterocycles. The highest BCUT2D eigenvalue weighted by Crippen LogP contribution is 2.33. The Balaban J connectivity index is 0.00000288. The van der Waals surface area contributed by atoms with Gasteiger partial charge in [-0.25, -0.2) is 0 Å². The van der Waals surface area contributed by atoms with Gasteiger partial charge in [-0.3, -0.25) is 9.89 Å². The van der Waals surface area contributed by atoms with Crippen LogP contribution in [-0.2, 0) is 9.47 Å². The molecule has 1 saturated carbocycles. The SMILES string of the molecule is CCOCCNC(=NC)NCC1(N2CCOCC2)CCCCC1.I. The Hall–Kier alpha value is -0.120. The average Bonchev–Trinajstić information content (AvgIpc) is 2.63. The second-order valence-corrected chi connectivity index (χ2v) is 6.43. The van der Waals surface area contributed by atoms with Crippen molar-refractivity contribution in [3.8, 4) is 0 Å². The predicted octanol–water partition coefficient (Wildman–Crippen LogP) is 1.84. The van der Waals surface area contributed by atoms with E-state index in [4.69, 9.17) is 9.47 Å². The normalized spacial score (nSPS) is 21.8. The second kappa shape index (κ2) is 12.3. The van der Waals surface area contributed by atoms with Crippen molar-refractivity contribution in [1.29, 1.82) is 0 Å². The van der Waals surface area contributed by atoms with Gasteiger partial charge < -0.3 is 20.1 Å². The van der Waals surface area contributed by atoms with Crippen molar-refractivity contribution in [1.82, 2.24) is 15.5 Å². The topological polar surface area (TPSA) is 58.1 Å². The third kappa shape index (κ3) is 6.65. The van der Waals surface area contributed by atoms with Gasteiger partial charge in [-0.2, -0.15) is 0 Å². The first-order chi connectivity index (χ1) is 11.3. The summed E-state index contributed by atoms with van der Waals surface area (Å²) in [5, 5.41) is 6.89. The molecule has 2 aliphatic rings. The number of halogens is 1. The summed E-state index contributed by atoms with van der Waals surface area (Å²) in [6, 6.07) is 0. The standard InChI is InChI=1S/C17H34N4O2.HI/c1-3-22-12-9-19-16(18-2)20-15-17(7-5-4-6-8-17)21-10-13-23-14-11-21;/h3-15H2,1-2H3,(H2,18,19,20);1H. The first-order valence-corrected chi connectivity index (χ1v) is 9.16. The van der Waals surface area contributed by atoms with E-state index in [1.165, 1.54) is 32.1 Å². The van der Waals surface area contributed by atoms with Crippen molar-refractivity contribution >= 4 is 29.9 Å². The first kappa shape index (κ1) is 21.9. The number of nitrogens with zero attached hydrogens (tertiary/aromatic N) is 2. The van der Waals surface area contributed by atoms with E-state index in [0.29, 0.717) is 6.61 Å². The summed E-state index contributed by atoms with van der Waals surface area (Å²) < 4.78 is 10.9. The molecule has 0 bridgehead atoms. The fourth-order valence-corrected chi connectivity index (χ4v) is 3.71. The fourth-order valence-electron chi connectivity index (χ4n) is 3.71. The van der Waals surface area contributed by atoms with Gasteiger partial charge >= 0.3 is 0 Å². The summed E-state index contributed by atoms with van der Waals surface area (Å²) in [7, 11) is 1.83. The largest absolute Gasteiger partial charge is 0.380 e. The maximum atomic E-state index is 5.55. The number of ether oxygens (including phenoxy) is 2. The Labute approximate surface area is 164 Å². The number of hydrogen-bond donors (Lipinski definition) is 2. The van der Waals surface area contributed by atoms with Crippen LogP contribution in [-0.4, -0.2) is 76.1 Å². The highest BCUT2D eigenvalue weighted by Gasteiger charge is 2.38. The fraction of sp³-hybridized carbons (Fsp3) is 0.941. The lowest BCUT2D eigenvalue weighted by Crippen LogP contribution is -2.60. The van der Waals surface area contributed by atoms with Crippen LogP contribution in [0.4, 0.5) is 0 Å². The van der Waals surface area contributed by atoms with E-state index in [1.807, 2.05) is 14.0 Å². The number of nitrogens with one attached hydrogen (secondary N) is 2. The molecule has 0 aromatic carbocycles. The van der Waals surface area contributed by atoms with Crippen LogP contribution < -0.4 is 10.6 Å². The molecule has 0 aromatic heterocycles. The summed E-state index contributed by atoms with van der Waals surface area (Å²) in [4.78, 5) is 6.99. The molecule has 0 atom stereocenters. The van der Waals surface area contributed by atoms with Gasteiger partial charge in [0, 0.05) is 45.4 Å². The summed E-state index contributed by atoms with van der Waals surface area (Å²) >= 11 is 0. The lowest BCUT2D eigenvalue weighted by molar-refractivity contribution is -0.0352. The van der Waals surface area contributed by atoms with Crippen LogP contribution in [0.25, 0.3) is 0 Å². The van der Waals surface area contributed by atoms with Gasteiger partial charge in [0.05, 0.1) is 19.8 Å². The third-order valence-electron chi connectivity index (χ3n) is 5.02. The zero-order valence-electron chi connectivity index (χ0n) is 15.3. The maximum Gasteiger partial charge on any atom is 0.191 e. The zero-order chi connectivity index (χ0) is 16.4. The van der Waals surface area contributed by atoms with E-state index < -0.39 is 0 Å². The van der Waals surface area contributed by atoms with Crippen LogP contribution in [0.2, 0.25) is 0 Å². The van der Waals surface area contributed by atoms with Crippen LogP contribution in [0.5, 0.6) is 0 Å². The van der Waals surface area contributed by atoms with Crippen molar-refractivity contribution in [3.63, 3.8) is 0 Å². The molecule has 0 aromatic rings. The van der Waals surface area contributed by atoms with Gasteiger partial charge in [-0.05, 0) is 19.8 Å². The number of morpholine rings is 1. The van der Waals surface area contributed by atoms with E-state index in [9.17, 15) is 0 Å². The monoisotopic (exact) mass is 454 g/mol. The van der Waals surface area contributed by atoms with E-state index in [0.717, 1.165) is 52.0 Å². The lowest BCUT2D eigenvalue weighted by atomic mass is 9.80. The van der Waals surface area contributed by atoms with Crippen LogP contribution in [0, 0.1) is 0 Å². The van der Waals surface area contributed by atoms with Crippen molar-refractivity contribution in [2.75, 3.05) is 59.7 Å². The van der Waals surface area contributed by atoms with Gasteiger partial charge in [-0.1, -0.05) is 19.3 Å². The molecule has 2 rings (SSSR count). The second-order valence-electron chi connectivity index (χ2n) is 6.43. The molecule has 1 saturated heterocycles. The molecule has 2 fully saturated rings. The molecule has 142 valence electrons. The minimum atomic E-state index is 0. The lowest BCUT2D eigenvalue weighted by Gasteiger charge is -2.48. The molecule has 1 aliphatic carbocycles. The molecular formula is C17H35IN4O2. The average molecular weight is 454 g/mol. The van der Waals surface area contributed by atoms with Gasteiger partial charge in [-0.15, -0.1) is 24.0 Å². The van der Waals surface area contributed by atoms with Gasteiger partial charge in [0.15, 0.2) is 5.96 Å². The minimum absolute atomic E-state index is 0. The molecule has 0 spiro atoms. The molecule has 0 amide bonds. The van der Waals surface area contributed by atoms with Crippen LogP contribution in [0.1, 0.15) is 39.0 Å². The molecule has 7 heteroatoms. The smallest absolute Gasteiger partial charge is 0.191 e. The number of guanidine groups is 1. The third-order valence-corrected chi connectivity index (χ3v) is 5.02. The maximum absolute atomic E-state index is 5.55. The quantitative estimate of drug-likeness (QED) is 0.266. The van der Waals surface area contributed by atoms with Crippen LogP contribution in [0.3, 0.4) is 0 Å². The number of rotatable bonds is 7. The first-order valence-electron chi connectivity index (χ1n) is 9.16. The van der Waals surface area contributed by atoms with Gasteiger partial charge in [0.25, 0.3) is 0 Å². The van der Waals surface area contributed by atoms with Crippen LogP contribution in [0.15, 0.2) is 4.99 Å². The summed E-state index contributed by atoms with van der Waals surface area (Å²) in [5.74, 6) is 0.878. The Morgan fingerprint density at radius 2 is 1.88 bits per heavy atom. The van der Waals surface area contributed by atoms with Gasteiger partial charge in [0.2, 0.25) is 0 Å². The molecular weight excluding hydrogens is 419 g/mol. The van der Waals surface area contributed by atoms with E-state index in [2.05, 4.69) is 20.5 Å². The summed E-state index contributed by atoms with van der Waals surface area (Å²) in [6.07, 6.45) is 6.57. The van der Waals surface area contributed by atoms with Crippen molar-refractivity contribution in [2.45, 2.75) is 44.6 Å². The van der Waals surface area contributed by atoms with Crippen molar-refractivity contribution in [2.24, 2.45) is 4.99 Å². The summed E-state index contributed by atoms with van der Waals surface area (Å²) in [6.45, 7) is 9.07. The van der Waals surface area contributed by atoms with Crippen molar-refractivity contribution in [3.05, 3.63) is 0 Å². The number of hydrogen-bond acceptors (Lipinski definition) is 4. The Bertz CT molecular complexity index is 356. The predicted molar refractivity (Wildman–Crippen MR) is 109 cm³/mol. The summed E-state index contributed by atoms with van der Waals surface area (Å²) in [5.41, 5.74) is 0.263. The van der Waals surface area contributed by atoms with E-state index in [-0.39, 0.29) is 29.5 Å².